The maximum Gasteiger partial charge on any atom is 0.138 e. The normalized spacial score (nSPS) is 13.1. The summed E-state index contributed by atoms with van der Waals surface area (Å²) in [5.74, 6) is -0.754. The molecule has 0 bridgehead atoms. The van der Waals surface area contributed by atoms with Crippen molar-refractivity contribution in [1.82, 2.24) is 4.90 Å². The van der Waals surface area contributed by atoms with Crippen molar-refractivity contribution in [2.24, 2.45) is 0 Å². The van der Waals surface area contributed by atoms with E-state index in [4.69, 9.17) is 0 Å². The van der Waals surface area contributed by atoms with E-state index in [-0.39, 0.29) is 11.6 Å². The third kappa shape index (κ3) is 3.89. The molecule has 0 heterocycles. The summed E-state index contributed by atoms with van der Waals surface area (Å²) < 4.78 is 14.6. The van der Waals surface area contributed by atoms with Crippen LogP contribution in [-0.4, -0.2) is 30.3 Å². The lowest BCUT2D eigenvalue weighted by Gasteiger charge is -2.26. The van der Waals surface area contributed by atoms with E-state index in [1.165, 1.54) is 13.0 Å². The van der Waals surface area contributed by atoms with Crippen molar-refractivity contribution in [3.05, 3.63) is 34.1 Å². The van der Waals surface area contributed by atoms with Crippen molar-refractivity contribution in [3.63, 3.8) is 0 Å². The molecule has 0 aliphatic carbocycles. The molecule has 1 aromatic rings. The minimum atomic E-state index is -0.412. The summed E-state index contributed by atoms with van der Waals surface area (Å²) >= 11 is 3.22. The van der Waals surface area contributed by atoms with Gasteiger partial charge in [0.25, 0.3) is 0 Å². The van der Waals surface area contributed by atoms with Gasteiger partial charge in [-0.15, -0.1) is 0 Å². The van der Waals surface area contributed by atoms with Crippen molar-refractivity contribution < 1.29 is 9.18 Å². The fourth-order valence-corrected chi connectivity index (χ4v) is 2.06. The van der Waals surface area contributed by atoms with Crippen molar-refractivity contribution in [2.45, 2.75) is 32.7 Å². The molecule has 100 valence electrons. The highest BCUT2D eigenvalue weighted by atomic mass is 79.9. The van der Waals surface area contributed by atoms with Gasteiger partial charge in [-0.3, -0.25) is 4.79 Å². The first-order chi connectivity index (χ1) is 8.32. The fraction of sp³-hybridized carbons (Fsp3) is 0.500. The van der Waals surface area contributed by atoms with Gasteiger partial charge in [0, 0.05) is 17.1 Å². The second kappa shape index (κ2) is 6.43. The highest BCUT2D eigenvalue weighted by Gasteiger charge is 2.22. The van der Waals surface area contributed by atoms with Crippen molar-refractivity contribution in [3.8, 4) is 0 Å². The quantitative estimate of drug-likeness (QED) is 0.827. The molecule has 0 aliphatic rings. The van der Waals surface area contributed by atoms with Crippen LogP contribution in [0.25, 0.3) is 0 Å². The average Bonchev–Trinajstić information content (AvgIpc) is 2.26. The predicted octanol–water partition coefficient (Wildman–Crippen LogP) is 3.60. The molecule has 0 radical (unpaired) electrons. The van der Waals surface area contributed by atoms with E-state index in [1.807, 2.05) is 11.9 Å². The van der Waals surface area contributed by atoms with E-state index in [0.717, 1.165) is 0 Å². The fourth-order valence-electron chi connectivity index (χ4n) is 1.73. The molecule has 1 atom stereocenters. The number of Topliss-reactive ketones (excluding diaryl/α,β-unsaturated/α-hetero) is 1. The van der Waals surface area contributed by atoms with Gasteiger partial charge in [-0.25, -0.2) is 4.39 Å². The lowest BCUT2D eigenvalue weighted by atomic mass is 9.94. The first-order valence-electron chi connectivity index (χ1n) is 5.98. The highest BCUT2D eigenvalue weighted by Crippen LogP contribution is 2.24. The number of nitrogens with zero attached hydrogens (tertiary/aromatic N) is 1. The molecular weight excluding hydrogens is 297 g/mol. The number of carbonyl (C=O) groups is 1. The molecule has 0 saturated heterocycles. The van der Waals surface area contributed by atoms with E-state index >= 15 is 0 Å². The van der Waals surface area contributed by atoms with Gasteiger partial charge < -0.3 is 4.90 Å². The summed E-state index contributed by atoms with van der Waals surface area (Å²) in [6.07, 6.45) is 0. The minimum Gasteiger partial charge on any atom is -0.303 e. The lowest BCUT2D eigenvalue weighted by molar-refractivity contribution is -0.118. The zero-order valence-corrected chi connectivity index (χ0v) is 12.8. The number of rotatable bonds is 5. The number of benzene rings is 1. The van der Waals surface area contributed by atoms with E-state index in [1.54, 1.807) is 12.1 Å². The Bertz CT molecular complexity index is 434. The van der Waals surface area contributed by atoms with E-state index in [0.29, 0.717) is 22.6 Å². The van der Waals surface area contributed by atoms with Crippen molar-refractivity contribution in [2.75, 3.05) is 13.6 Å². The van der Waals surface area contributed by atoms with Gasteiger partial charge in [-0.1, -0.05) is 22.0 Å². The van der Waals surface area contributed by atoms with Crippen LogP contribution in [0.3, 0.4) is 0 Å². The Morgan fingerprint density at radius 3 is 2.50 bits per heavy atom. The monoisotopic (exact) mass is 315 g/mol. The van der Waals surface area contributed by atoms with E-state index in [2.05, 4.69) is 29.8 Å². The Balaban J connectivity index is 3.01. The summed E-state index contributed by atoms with van der Waals surface area (Å²) in [7, 11) is 1.94. The maximum absolute atomic E-state index is 13.9. The Labute approximate surface area is 116 Å². The van der Waals surface area contributed by atoms with Crippen molar-refractivity contribution in [1.29, 1.82) is 0 Å². The molecule has 1 aromatic carbocycles. The van der Waals surface area contributed by atoms with E-state index in [9.17, 15) is 9.18 Å². The van der Waals surface area contributed by atoms with Crippen LogP contribution >= 0.6 is 15.9 Å². The summed E-state index contributed by atoms with van der Waals surface area (Å²) in [5.41, 5.74) is 0.471. The van der Waals surface area contributed by atoms with Gasteiger partial charge in [0.1, 0.15) is 11.6 Å². The summed E-state index contributed by atoms with van der Waals surface area (Å²) in [6.45, 7) is 6.15. The maximum atomic E-state index is 13.9. The van der Waals surface area contributed by atoms with Crippen LogP contribution < -0.4 is 0 Å². The zero-order chi connectivity index (χ0) is 13.9. The topological polar surface area (TPSA) is 20.3 Å². The van der Waals surface area contributed by atoms with Gasteiger partial charge in [-0.05, 0) is 45.5 Å². The Morgan fingerprint density at radius 1 is 1.44 bits per heavy atom. The summed E-state index contributed by atoms with van der Waals surface area (Å²) in [6, 6.07) is 5.18. The van der Waals surface area contributed by atoms with Crippen LogP contribution in [0.1, 0.15) is 32.3 Å². The van der Waals surface area contributed by atoms with Gasteiger partial charge in [0.15, 0.2) is 0 Å². The third-order valence-electron chi connectivity index (χ3n) is 3.18. The molecule has 0 aromatic heterocycles. The van der Waals surface area contributed by atoms with E-state index < -0.39 is 5.92 Å². The van der Waals surface area contributed by atoms with Crippen LogP contribution in [0.5, 0.6) is 0 Å². The highest BCUT2D eigenvalue weighted by molar-refractivity contribution is 9.10. The van der Waals surface area contributed by atoms with Crippen LogP contribution in [-0.2, 0) is 4.79 Å². The first-order valence-corrected chi connectivity index (χ1v) is 6.78. The zero-order valence-electron chi connectivity index (χ0n) is 11.2. The second-order valence-corrected chi connectivity index (χ2v) is 5.78. The third-order valence-corrected chi connectivity index (χ3v) is 3.67. The number of carbonyl (C=O) groups excluding carboxylic acids is 1. The van der Waals surface area contributed by atoms with Crippen LogP contribution in [0.2, 0.25) is 0 Å². The molecule has 2 nitrogen and oxygen atoms in total. The number of ketones is 1. The van der Waals surface area contributed by atoms with Gasteiger partial charge >= 0.3 is 0 Å². The summed E-state index contributed by atoms with van der Waals surface area (Å²) in [4.78, 5) is 13.8. The van der Waals surface area contributed by atoms with Crippen LogP contribution in [0.15, 0.2) is 22.7 Å². The Morgan fingerprint density at radius 2 is 2.06 bits per heavy atom. The summed E-state index contributed by atoms with van der Waals surface area (Å²) in [5, 5.41) is 0. The number of halogens is 2. The molecule has 4 heteroatoms. The number of hydrogen-bond acceptors (Lipinski definition) is 2. The molecule has 0 amide bonds. The number of likely N-dealkylation sites (N-methyl/N-ethyl adjacent to an activating group) is 1. The second-order valence-electron chi connectivity index (χ2n) is 4.86. The Hall–Kier alpha value is -0.740. The minimum absolute atomic E-state index is 0.0104. The SMILES string of the molecule is CC(=O)[C@H](CN(C)C(C)C)c1ccc(Br)cc1F. The van der Waals surface area contributed by atoms with Gasteiger partial charge in [0.05, 0.1) is 5.92 Å². The molecule has 0 unspecified atom stereocenters. The standard InChI is InChI=1S/C14H19BrFNO/c1-9(2)17(4)8-13(10(3)18)12-6-5-11(15)7-14(12)16/h5-7,9,13H,8H2,1-4H3/t13-/m0/s1. The molecule has 0 spiro atoms. The molecule has 0 saturated carbocycles. The first kappa shape index (κ1) is 15.3. The molecule has 0 N–H and O–H groups in total. The smallest absolute Gasteiger partial charge is 0.138 e. The van der Waals surface area contributed by atoms with Crippen molar-refractivity contribution >= 4 is 21.7 Å². The molecular formula is C14H19BrFNO. The molecule has 0 aliphatic heterocycles. The predicted molar refractivity (Wildman–Crippen MR) is 75.3 cm³/mol. The largest absolute Gasteiger partial charge is 0.303 e. The average molecular weight is 316 g/mol. The van der Waals surface area contributed by atoms with Crippen LogP contribution in [0, 0.1) is 5.82 Å². The Kier molecular flexibility index (Phi) is 5.47. The molecule has 0 fully saturated rings. The molecule has 1 rings (SSSR count). The van der Waals surface area contributed by atoms with Gasteiger partial charge in [-0.2, -0.15) is 0 Å². The van der Waals surface area contributed by atoms with Crippen LogP contribution in [0.4, 0.5) is 4.39 Å². The van der Waals surface area contributed by atoms with Gasteiger partial charge in [0.2, 0.25) is 0 Å². The lowest BCUT2D eigenvalue weighted by Crippen LogP contribution is -2.33. The number of hydrogen-bond donors (Lipinski definition) is 0. The molecule has 18 heavy (non-hydrogen) atoms.